The highest BCUT2D eigenvalue weighted by molar-refractivity contribution is 5.72. The van der Waals surface area contributed by atoms with Crippen LogP contribution < -0.4 is 0 Å². The first kappa shape index (κ1) is 72.3. The summed E-state index contributed by atoms with van der Waals surface area (Å²) in [6, 6.07) is 0. The summed E-state index contributed by atoms with van der Waals surface area (Å²) in [5, 5.41) is 0. The van der Waals surface area contributed by atoms with E-state index in [1.807, 2.05) is 6.08 Å². The van der Waals surface area contributed by atoms with Crippen LogP contribution in [0.5, 0.6) is 0 Å². The molecule has 0 aromatic rings. The molecule has 0 bridgehead atoms. The molecule has 0 amide bonds. The van der Waals surface area contributed by atoms with Gasteiger partial charge in [0, 0.05) is 12.8 Å². The maximum Gasteiger partial charge on any atom is 0.310 e. The third-order valence-electron chi connectivity index (χ3n) is 13.8. The fourth-order valence-electron chi connectivity index (χ4n) is 9.02. The lowest BCUT2D eigenvalue weighted by Crippen LogP contribution is -2.30. The Morgan fingerprint density at radius 3 is 0.882 bits per heavy atom. The molecule has 1 atom stereocenters. The van der Waals surface area contributed by atoms with Gasteiger partial charge >= 0.3 is 17.9 Å². The first-order valence-electron chi connectivity index (χ1n) is 32.2. The van der Waals surface area contributed by atoms with Crippen molar-refractivity contribution in [1.82, 2.24) is 0 Å². The Labute approximate surface area is 470 Å². The normalized spacial score (nSPS) is 12.7. The Kier molecular flexibility index (Phi) is 60.8. The van der Waals surface area contributed by atoms with Crippen molar-refractivity contribution < 1.29 is 28.6 Å². The van der Waals surface area contributed by atoms with Crippen LogP contribution in [-0.2, 0) is 28.6 Å². The van der Waals surface area contributed by atoms with Crippen molar-refractivity contribution in [2.45, 2.75) is 316 Å². The average Bonchev–Trinajstić information content (AvgIpc) is 3.42. The molecule has 0 aliphatic carbocycles. The highest BCUT2D eigenvalue weighted by Gasteiger charge is 2.19. The van der Waals surface area contributed by atoms with E-state index in [1.165, 1.54) is 180 Å². The van der Waals surface area contributed by atoms with Crippen molar-refractivity contribution in [3.8, 4) is 0 Å². The number of unbranched alkanes of at least 4 members (excludes halogenated alkanes) is 32. The van der Waals surface area contributed by atoms with Gasteiger partial charge in [0.2, 0.25) is 0 Å². The molecule has 0 aromatic carbocycles. The summed E-state index contributed by atoms with van der Waals surface area (Å²) in [6.45, 7) is 6.44. The highest BCUT2D eigenvalue weighted by atomic mass is 16.6. The second-order valence-electron chi connectivity index (χ2n) is 21.3. The standard InChI is InChI=1S/C70H120O6/c1-4-7-10-13-16-19-22-25-28-29-30-31-32-33-34-35-36-37-38-39-40-41-43-45-48-51-54-57-60-63-69(72)75-66-67(65-74-68(71)62-59-56-53-50-47-44-27-24-21-18-15-12-9-6-3)76-70(73)64-61-58-55-52-49-46-42-26-23-20-17-14-11-8-5-2/h8,11,17,20,22,24-27,29-30,42,49,52,58,61,67H,4-7,9-10,12-16,18-19,21,23,28,31-41,43-48,50-51,53-57,59-60,62-66H2,1-3H3/b11-8-,20-17-,25-22-,27-24-,30-29-,42-26-,52-49-,61-58-. The third kappa shape index (κ3) is 61.2. The van der Waals surface area contributed by atoms with Crippen molar-refractivity contribution in [3.05, 3.63) is 97.2 Å². The number of allylic oxidation sites excluding steroid dienone is 15. The third-order valence-corrected chi connectivity index (χ3v) is 13.8. The van der Waals surface area contributed by atoms with E-state index in [9.17, 15) is 14.4 Å². The van der Waals surface area contributed by atoms with Gasteiger partial charge in [-0.1, -0.05) is 285 Å². The number of hydrogen-bond acceptors (Lipinski definition) is 6. The maximum absolute atomic E-state index is 12.8. The lowest BCUT2D eigenvalue weighted by atomic mass is 10.0. The molecule has 0 rings (SSSR count). The lowest BCUT2D eigenvalue weighted by molar-refractivity contribution is -0.166. The van der Waals surface area contributed by atoms with Crippen molar-refractivity contribution in [2.75, 3.05) is 13.2 Å². The maximum atomic E-state index is 12.8. The summed E-state index contributed by atoms with van der Waals surface area (Å²) < 4.78 is 16.8. The molecule has 0 spiro atoms. The zero-order valence-corrected chi connectivity index (χ0v) is 50.0. The van der Waals surface area contributed by atoms with E-state index < -0.39 is 12.1 Å². The molecule has 6 heteroatoms. The summed E-state index contributed by atoms with van der Waals surface area (Å²) in [4.78, 5) is 38.2. The summed E-state index contributed by atoms with van der Waals surface area (Å²) in [7, 11) is 0. The molecule has 76 heavy (non-hydrogen) atoms. The van der Waals surface area contributed by atoms with Crippen LogP contribution in [0.25, 0.3) is 0 Å². The number of rotatable bonds is 58. The topological polar surface area (TPSA) is 78.9 Å². The van der Waals surface area contributed by atoms with E-state index in [4.69, 9.17) is 14.2 Å². The highest BCUT2D eigenvalue weighted by Crippen LogP contribution is 2.16. The van der Waals surface area contributed by atoms with Gasteiger partial charge in [0.1, 0.15) is 13.2 Å². The average molecular weight is 1060 g/mol. The molecule has 0 heterocycles. The minimum Gasteiger partial charge on any atom is -0.462 e. The number of esters is 3. The first-order chi connectivity index (χ1) is 37.5. The number of carbonyl (C=O) groups is 3. The summed E-state index contributed by atoms with van der Waals surface area (Å²) >= 11 is 0. The van der Waals surface area contributed by atoms with Crippen molar-refractivity contribution in [2.24, 2.45) is 0 Å². The Balaban J connectivity index is 4.28. The Morgan fingerprint density at radius 2 is 0.553 bits per heavy atom. The molecule has 0 saturated carbocycles. The van der Waals surface area contributed by atoms with Crippen LogP contribution in [0.3, 0.4) is 0 Å². The van der Waals surface area contributed by atoms with Gasteiger partial charge in [-0.2, -0.15) is 0 Å². The van der Waals surface area contributed by atoms with Gasteiger partial charge in [-0.05, 0) is 103 Å². The second-order valence-corrected chi connectivity index (χ2v) is 21.3. The largest absolute Gasteiger partial charge is 0.462 e. The Bertz CT molecular complexity index is 1490. The van der Waals surface area contributed by atoms with E-state index in [0.717, 1.165) is 89.9 Å². The smallest absolute Gasteiger partial charge is 0.310 e. The van der Waals surface area contributed by atoms with Gasteiger partial charge in [-0.15, -0.1) is 0 Å². The number of hydrogen-bond donors (Lipinski definition) is 0. The molecule has 6 nitrogen and oxygen atoms in total. The minimum atomic E-state index is -0.835. The van der Waals surface area contributed by atoms with Crippen LogP contribution >= 0.6 is 0 Å². The second kappa shape index (κ2) is 63.9. The minimum absolute atomic E-state index is 0.0952. The molecule has 0 N–H and O–H groups in total. The van der Waals surface area contributed by atoms with Crippen molar-refractivity contribution in [1.29, 1.82) is 0 Å². The molecule has 0 aliphatic heterocycles. The number of ether oxygens (including phenoxy) is 3. The SMILES string of the molecule is CC/C=C\C/C=C\C/C=C\C/C=C\C/C=C\CC(=O)OC(COC(=O)CCCCCCC/C=C\CCCCCCC)COC(=O)CCCCCCCCCCCCCCCCCCC/C=C\C/C=C\CCCCCCC. The van der Waals surface area contributed by atoms with Crippen LogP contribution in [0, 0.1) is 0 Å². The fraction of sp³-hybridized carbons (Fsp3) is 0.729. The zero-order chi connectivity index (χ0) is 55.0. The fourth-order valence-corrected chi connectivity index (χ4v) is 9.02. The van der Waals surface area contributed by atoms with Crippen LogP contribution in [0.1, 0.15) is 310 Å². The summed E-state index contributed by atoms with van der Waals surface area (Å²) in [5.74, 6) is -1.05. The monoisotopic (exact) mass is 1060 g/mol. The van der Waals surface area contributed by atoms with Gasteiger partial charge in [0.15, 0.2) is 6.10 Å². The van der Waals surface area contributed by atoms with Gasteiger partial charge < -0.3 is 14.2 Å². The molecule has 436 valence electrons. The van der Waals surface area contributed by atoms with E-state index >= 15 is 0 Å². The van der Waals surface area contributed by atoms with Crippen LogP contribution in [0.2, 0.25) is 0 Å². The van der Waals surface area contributed by atoms with Crippen LogP contribution in [0.4, 0.5) is 0 Å². The molecule has 0 saturated heterocycles. The van der Waals surface area contributed by atoms with E-state index in [2.05, 4.69) is 106 Å². The van der Waals surface area contributed by atoms with E-state index in [-0.39, 0.29) is 31.6 Å². The van der Waals surface area contributed by atoms with Crippen molar-refractivity contribution >= 4 is 17.9 Å². The van der Waals surface area contributed by atoms with Gasteiger partial charge in [0.05, 0.1) is 6.42 Å². The molecular formula is C70H120O6. The van der Waals surface area contributed by atoms with Gasteiger partial charge in [-0.25, -0.2) is 0 Å². The number of carbonyl (C=O) groups excluding carboxylic acids is 3. The zero-order valence-electron chi connectivity index (χ0n) is 50.0. The Morgan fingerprint density at radius 1 is 0.289 bits per heavy atom. The van der Waals surface area contributed by atoms with Crippen LogP contribution in [0.15, 0.2) is 97.2 Å². The predicted molar refractivity (Wildman–Crippen MR) is 330 cm³/mol. The van der Waals surface area contributed by atoms with E-state index in [0.29, 0.717) is 12.8 Å². The molecule has 0 radical (unpaired) electrons. The first-order valence-corrected chi connectivity index (χ1v) is 32.2. The van der Waals surface area contributed by atoms with Gasteiger partial charge in [0.25, 0.3) is 0 Å². The predicted octanol–water partition coefficient (Wildman–Crippen LogP) is 22.0. The van der Waals surface area contributed by atoms with Crippen molar-refractivity contribution in [3.63, 3.8) is 0 Å². The lowest BCUT2D eigenvalue weighted by Gasteiger charge is -2.18. The molecule has 0 aromatic heterocycles. The molecule has 1 unspecified atom stereocenters. The quantitative estimate of drug-likeness (QED) is 0.0261. The Hall–Kier alpha value is -3.67. The van der Waals surface area contributed by atoms with E-state index in [1.54, 1.807) is 6.08 Å². The summed E-state index contributed by atoms with van der Waals surface area (Å²) in [5.41, 5.74) is 0. The molecule has 0 fully saturated rings. The summed E-state index contributed by atoms with van der Waals surface area (Å²) in [6.07, 6.45) is 86.0. The molecular weight excluding hydrogens is 937 g/mol. The van der Waals surface area contributed by atoms with Gasteiger partial charge in [-0.3, -0.25) is 14.4 Å². The van der Waals surface area contributed by atoms with Crippen LogP contribution in [-0.4, -0.2) is 37.2 Å². The molecule has 0 aliphatic rings.